The van der Waals surface area contributed by atoms with E-state index in [1.165, 1.54) is 6.42 Å². The molecule has 4 nitrogen and oxygen atoms in total. The Bertz CT molecular complexity index is 303. The van der Waals surface area contributed by atoms with Gasteiger partial charge in [0.2, 0.25) is 5.91 Å². The Balaban J connectivity index is 0. The zero-order valence-corrected chi connectivity index (χ0v) is 15.7. The molecule has 0 aromatic heterocycles. The summed E-state index contributed by atoms with van der Waals surface area (Å²) in [7, 11) is 0. The van der Waals surface area contributed by atoms with Gasteiger partial charge in [0.15, 0.2) is 0 Å². The van der Waals surface area contributed by atoms with Crippen LogP contribution in [0.2, 0.25) is 0 Å². The highest BCUT2D eigenvalue weighted by molar-refractivity contribution is 5.85. The van der Waals surface area contributed by atoms with Gasteiger partial charge in [-0.25, -0.2) is 0 Å². The third-order valence-corrected chi connectivity index (χ3v) is 3.18. The van der Waals surface area contributed by atoms with E-state index in [0.29, 0.717) is 19.3 Å². The standard InChI is InChI=1S/C11H21NO3.C7H16/c1-4-9(14)5-6-10(15)12-11(2,3)7-8-13;1-6(2)5-7(3)4/h13H,4-8H2,1-3H3,(H,12,15);6-7H,5H2,1-4H3. The molecule has 0 aromatic carbocycles. The van der Waals surface area contributed by atoms with Crippen LogP contribution in [0, 0.1) is 11.8 Å². The van der Waals surface area contributed by atoms with E-state index in [9.17, 15) is 9.59 Å². The lowest BCUT2D eigenvalue weighted by molar-refractivity contribution is -0.126. The van der Waals surface area contributed by atoms with Crippen molar-refractivity contribution in [2.45, 2.75) is 86.1 Å². The smallest absolute Gasteiger partial charge is 0.220 e. The highest BCUT2D eigenvalue weighted by Gasteiger charge is 2.19. The van der Waals surface area contributed by atoms with Crippen LogP contribution in [0.1, 0.15) is 80.6 Å². The third kappa shape index (κ3) is 17.2. The van der Waals surface area contributed by atoms with Crippen molar-refractivity contribution >= 4 is 11.7 Å². The summed E-state index contributed by atoms with van der Waals surface area (Å²) >= 11 is 0. The second-order valence-corrected chi connectivity index (χ2v) is 7.32. The van der Waals surface area contributed by atoms with Crippen molar-refractivity contribution in [1.29, 1.82) is 0 Å². The minimum Gasteiger partial charge on any atom is -0.396 e. The number of Topliss-reactive ketones (excluding diaryl/α,β-unsaturated/α-hetero) is 1. The number of aliphatic hydroxyl groups is 1. The van der Waals surface area contributed by atoms with Gasteiger partial charge < -0.3 is 10.4 Å². The van der Waals surface area contributed by atoms with Gasteiger partial charge in [0.25, 0.3) is 0 Å². The van der Waals surface area contributed by atoms with Gasteiger partial charge in [-0.05, 0) is 38.5 Å². The topological polar surface area (TPSA) is 66.4 Å². The fourth-order valence-electron chi connectivity index (χ4n) is 2.15. The van der Waals surface area contributed by atoms with Gasteiger partial charge in [-0.1, -0.05) is 34.6 Å². The minimum absolute atomic E-state index is 0.0428. The molecule has 4 heteroatoms. The third-order valence-electron chi connectivity index (χ3n) is 3.18. The van der Waals surface area contributed by atoms with E-state index in [-0.39, 0.29) is 24.7 Å². The summed E-state index contributed by atoms with van der Waals surface area (Å²) in [6, 6.07) is 0. The number of nitrogens with one attached hydrogen (secondary N) is 1. The summed E-state index contributed by atoms with van der Waals surface area (Å²) in [4.78, 5) is 22.4. The van der Waals surface area contributed by atoms with E-state index < -0.39 is 5.54 Å². The molecule has 0 unspecified atom stereocenters. The van der Waals surface area contributed by atoms with Crippen LogP contribution < -0.4 is 5.32 Å². The SMILES string of the molecule is CC(C)CC(C)C.CCC(=O)CCC(=O)NC(C)(C)CCO. The van der Waals surface area contributed by atoms with Crippen molar-refractivity contribution in [1.82, 2.24) is 5.32 Å². The molecule has 0 aromatic rings. The molecular weight excluding hydrogens is 278 g/mol. The van der Waals surface area contributed by atoms with Crippen LogP contribution in [0.25, 0.3) is 0 Å². The maximum Gasteiger partial charge on any atom is 0.220 e. The number of carbonyl (C=O) groups is 2. The van der Waals surface area contributed by atoms with Crippen LogP contribution in [0.5, 0.6) is 0 Å². The quantitative estimate of drug-likeness (QED) is 0.681. The molecule has 1 amide bonds. The summed E-state index contributed by atoms with van der Waals surface area (Å²) in [5, 5.41) is 11.6. The first-order chi connectivity index (χ1) is 10.0. The molecule has 22 heavy (non-hydrogen) atoms. The van der Waals surface area contributed by atoms with Gasteiger partial charge in [0, 0.05) is 31.4 Å². The van der Waals surface area contributed by atoms with Gasteiger partial charge in [0.05, 0.1) is 0 Å². The van der Waals surface area contributed by atoms with Crippen LogP contribution in [0.4, 0.5) is 0 Å². The maximum atomic E-state index is 11.4. The summed E-state index contributed by atoms with van der Waals surface area (Å²) in [5.74, 6) is 1.72. The molecule has 0 saturated carbocycles. The average Bonchev–Trinajstić information content (AvgIpc) is 2.34. The Morgan fingerprint density at radius 2 is 1.55 bits per heavy atom. The summed E-state index contributed by atoms with van der Waals surface area (Å²) < 4.78 is 0. The molecule has 132 valence electrons. The Morgan fingerprint density at radius 3 is 1.86 bits per heavy atom. The molecule has 0 aliphatic rings. The minimum atomic E-state index is -0.402. The Morgan fingerprint density at radius 1 is 1.05 bits per heavy atom. The van der Waals surface area contributed by atoms with E-state index in [4.69, 9.17) is 5.11 Å². The molecule has 2 N–H and O–H groups in total. The lowest BCUT2D eigenvalue weighted by atomic mass is 10.0. The van der Waals surface area contributed by atoms with Crippen LogP contribution >= 0.6 is 0 Å². The number of hydrogen-bond acceptors (Lipinski definition) is 3. The van der Waals surface area contributed by atoms with Gasteiger partial charge >= 0.3 is 0 Å². The first-order valence-corrected chi connectivity index (χ1v) is 8.47. The van der Waals surface area contributed by atoms with Crippen molar-refractivity contribution in [3.8, 4) is 0 Å². The fourth-order valence-corrected chi connectivity index (χ4v) is 2.15. The zero-order valence-electron chi connectivity index (χ0n) is 15.7. The van der Waals surface area contributed by atoms with E-state index in [1.54, 1.807) is 6.92 Å². The number of rotatable bonds is 9. The second kappa shape index (κ2) is 12.6. The number of aliphatic hydroxyl groups excluding tert-OH is 1. The van der Waals surface area contributed by atoms with Gasteiger partial charge in [-0.15, -0.1) is 0 Å². The van der Waals surface area contributed by atoms with Crippen molar-refractivity contribution in [3.05, 3.63) is 0 Å². The summed E-state index contributed by atoms with van der Waals surface area (Å²) in [5.41, 5.74) is -0.402. The molecule has 0 bridgehead atoms. The fraction of sp³-hybridized carbons (Fsp3) is 0.889. The molecule has 0 fully saturated rings. The number of carbonyl (C=O) groups excluding carboxylic acids is 2. The molecule has 0 aliphatic carbocycles. The summed E-state index contributed by atoms with van der Waals surface area (Å²) in [6.45, 7) is 14.6. The number of amides is 1. The van der Waals surface area contributed by atoms with Crippen LogP contribution in [-0.4, -0.2) is 28.9 Å². The molecule has 0 radical (unpaired) electrons. The predicted octanol–water partition coefficient (Wildman–Crippen LogP) is 3.71. The van der Waals surface area contributed by atoms with Gasteiger partial charge in [0.1, 0.15) is 5.78 Å². The van der Waals surface area contributed by atoms with E-state index >= 15 is 0 Å². The zero-order chi connectivity index (χ0) is 17.8. The van der Waals surface area contributed by atoms with Crippen LogP contribution in [0.3, 0.4) is 0 Å². The van der Waals surface area contributed by atoms with E-state index in [0.717, 1.165) is 11.8 Å². The van der Waals surface area contributed by atoms with Crippen molar-refractivity contribution < 1.29 is 14.7 Å². The second-order valence-electron chi connectivity index (χ2n) is 7.32. The van der Waals surface area contributed by atoms with E-state index in [2.05, 4.69) is 33.0 Å². The van der Waals surface area contributed by atoms with Crippen molar-refractivity contribution in [3.63, 3.8) is 0 Å². The molecular formula is C18H37NO3. The molecule has 0 atom stereocenters. The van der Waals surface area contributed by atoms with E-state index in [1.807, 2.05) is 13.8 Å². The highest BCUT2D eigenvalue weighted by atomic mass is 16.3. The Kier molecular flexibility index (Phi) is 13.4. The lowest BCUT2D eigenvalue weighted by Gasteiger charge is -2.25. The Labute approximate surface area is 137 Å². The molecule has 0 heterocycles. The maximum absolute atomic E-state index is 11.4. The Hall–Kier alpha value is -0.900. The lowest BCUT2D eigenvalue weighted by Crippen LogP contribution is -2.44. The number of ketones is 1. The highest BCUT2D eigenvalue weighted by Crippen LogP contribution is 2.08. The van der Waals surface area contributed by atoms with Crippen molar-refractivity contribution in [2.75, 3.05) is 6.61 Å². The van der Waals surface area contributed by atoms with Crippen molar-refractivity contribution in [2.24, 2.45) is 11.8 Å². The summed E-state index contributed by atoms with van der Waals surface area (Å²) in [6.07, 6.45) is 2.90. The molecule has 0 rings (SSSR count). The van der Waals surface area contributed by atoms with Crippen LogP contribution in [0.15, 0.2) is 0 Å². The first kappa shape index (κ1) is 23.4. The molecule has 0 spiro atoms. The first-order valence-electron chi connectivity index (χ1n) is 8.47. The predicted molar refractivity (Wildman–Crippen MR) is 92.7 cm³/mol. The average molecular weight is 315 g/mol. The molecule has 0 aliphatic heterocycles. The van der Waals surface area contributed by atoms with Gasteiger partial charge in [-0.2, -0.15) is 0 Å². The van der Waals surface area contributed by atoms with Crippen LogP contribution in [-0.2, 0) is 9.59 Å². The largest absolute Gasteiger partial charge is 0.396 e. The normalized spacial score (nSPS) is 11.2. The number of hydrogen-bond donors (Lipinski definition) is 2. The van der Waals surface area contributed by atoms with Gasteiger partial charge in [-0.3, -0.25) is 9.59 Å². The monoisotopic (exact) mass is 315 g/mol. The molecule has 0 saturated heterocycles.